The quantitative estimate of drug-likeness (QED) is 0.373. The minimum Gasteiger partial charge on any atom is -0.481 e. The fraction of sp³-hybridized carbons (Fsp3) is 0.136. The lowest BCUT2D eigenvalue weighted by atomic mass is 10.2. The predicted molar refractivity (Wildman–Crippen MR) is 129 cm³/mol. The lowest BCUT2D eigenvalue weighted by Gasteiger charge is -2.17. The van der Waals surface area contributed by atoms with Crippen LogP contribution in [0.3, 0.4) is 0 Å². The van der Waals surface area contributed by atoms with Crippen LogP contribution >= 0.6 is 34.8 Å². The summed E-state index contributed by atoms with van der Waals surface area (Å²) in [7, 11) is -3.91. The molecule has 0 bridgehead atoms. The number of hydrogen-bond acceptors (Lipinski definition) is 4. The second kappa shape index (κ2) is 10.4. The van der Waals surface area contributed by atoms with Crippen LogP contribution in [-0.2, 0) is 14.8 Å². The molecule has 0 aliphatic carbocycles. The Labute approximate surface area is 201 Å². The van der Waals surface area contributed by atoms with E-state index in [0.29, 0.717) is 22.9 Å². The van der Waals surface area contributed by atoms with E-state index >= 15 is 0 Å². The maximum absolute atomic E-state index is 12.7. The first-order valence-corrected chi connectivity index (χ1v) is 12.1. The molecule has 3 aromatic carbocycles. The number of ether oxygens (including phenoxy) is 1. The number of halogens is 3. The van der Waals surface area contributed by atoms with Crippen LogP contribution in [0.1, 0.15) is 13.3 Å². The van der Waals surface area contributed by atoms with Crippen molar-refractivity contribution in [1.82, 2.24) is 0 Å². The van der Waals surface area contributed by atoms with Crippen molar-refractivity contribution < 1.29 is 17.9 Å². The van der Waals surface area contributed by atoms with Crippen molar-refractivity contribution in [3.63, 3.8) is 0 Å². The summed E-state index contributed by atoms with van der Waals surface area (Å²) in [5, 5.41) is 3.56. The molecule has 1 unspecified atom stereocenters. The Balaban J connectivity index is 1.69. The summed E-state index contributed by atoms with van der Waals surface area (Å²) in [6.07, 6.45) is -0.321. The van der Waals surface area contributed by atoms with E-state index in [1.165, 1.54) is 30.3 Å². The minimum absolute atomic E-state index is 0.00578. The Hall–Kier alpha value is -2.45. The Bertz CT molecular complexity index is 1220. The summed E-state index contributed by atoms with van der Waals surface area (Å²) in [6, 6.07) is 17.1. The van der Waals surface area contributed by atoms with Gasteiger partial charge in [0.25, 0.3) is 15.9 Å². The summed E-state index contributed by atoms with van der Waals surface area (Å²) in [4.78, 5) is 12.6. The van der Waals surface area contributed by atoms with Gasteiger partial charge in [-0.3, -0.25) is 9.52 Å². The first-order valence-electron chi connectivity index (χ1n) is 9.49. The third kappa shape index (κ3) is 6.07. The number of carbonyl (C=O) groups excluding carboxylic acids is 1. The molecule has 3 rings (SSSR count). The van der Waals surface area contributed by atoms with E-state index in [2.05, 4.69) is 10.0 Å². The molecule has 2 N–H and O–H groups in total. The van der Waals surface area contributed by atoms with Crippen LogP contribution in [0.2, 0.25) is 15.1 Å². The monoisotopic (exact) mass is 512 g/mol. The molecule has 1 amide bonds. The lowest BCUT2D eigenvalue weighted by molar-refractivity contribution is -0.122. The summed E-state index contributed by atoms with van der Waals surface area (Å²) in [5.41, 5.74) is 0.586. The van der Waals surface area contributed by atoms with Crippen LogP contribution in [0.25, 0.3) is 0 Å². The van der Waals surface area contributed by atoms with E-state index in [4.69, 9.17) is 39.5 Å². The Morgan fingerprint density at radius 1 is 1.00 bits per heavy atom. The molecule has 0 spiro atoms. The molecule has 0 saturated heterocycles. The van der Waals surface area contributed by atoms with Crippen molar-refractivity contribution in [2.24, 2.45) is 0 Å². The minimum atomic E-state index is -3.91. The number of benzene rings is 3. The van der Waals surface area contributed by atoms with Gasteiger partial charge in [-0.2, -0.15) is 0 Å². The summed E-state index contributed by atoms with van der Waals surface area (Å²) in [5.74, 6) is 0.110. The SMILES string of the molecule is CCC(Oc1cccc(Cl)c1)C(=O)Nc1ccc(S(=O)(=O)Nc2cccc(Cl)c2Cl)cc1. The molecule has 32 heavy (non-hydrogen) atoms. The largest absolute Gasteiger partial charge is 0.481 e. The van der Waals surface area contributed by atoms with E-state index < -0.39 is 16.1 Å². The number of carbonyl (C=O) groups is 1. The third-order valence-electron chi connectivity index (χ3n) is 4.37. The standard InChI is InChI=1S/C22H19Cl3N2O4S/c1-2-20(31-16-6-3-5-14(23)13-16)22(28)26-15-9-11-17(12-10-15)32(29,30)27-19-8-4-7-18(24)21(19)25/h3-13,20,27H,2H2,1H3,(H,26,28). The van der Waals surface area contributed by atoms with Gasteiger partial charge in [-0.1, -0.05) is 53.9 Å². The zero-order valence-corrected chi connectivity index (χ0v) is 19.9. The highest BCUT2D eigenvalue weighted by Gasteiger charge is 2.20. The van der Waals surface area contributed by atoms with Gasteiger partial charge in [0, 0.05) is 10.7 Å². The fourth-order valence-corrected chi connectivity index (χ4v) is 4.41. The van der Waals surface area contributed by atoms with E-state index in [1.807, 2.05) is 6.92 Å². The van der Waals surface area contributed by atoms with Crippen LogP contribution < -0.4 is 14.8 Å². The lowest BCUT2D eigenvalue weighted by Crippen LogP contribution is -2.32. The fourth-order valence-electron chi connectivity index (χ4n) is 2.75. The molecular formula is C22H19Cl3N2O4S. The molecule has 0 fully saturated rings. The smallest absolute Gasteiger partial charge is 0.265 e. The molecule has 6 nitrogen and oxygen atoms in total. The van der Waals surface area contributed by atoms with Crippen molar-refractivity contribution in [2.75, 3.05) is 10.0 Å². The molecule has 0 aromatic heterocycles. The van der Waals surface area contributed by atoms with E-state index in [1.54, 1.807) is 36.4 Å². The second-order valence-electron chi connectivity index (χ2n) is 6.69. The van der Waals surface area contributed by atoms with Crippen molar-refractivity contribution in [1.29, 1.82) is 0 Å². The van der Waals surface area contributed by atoms with Gasteiger partial charge in [-0.25, -0.2) is 8.42 Å². The number of hydrogen-bond donors (Lipinski definition) is 2. The number of nitrogens with one attached hydrogen (secondary N) is 2. The highest BCUT2D eigenvalue weighted by Crippen LogP contribution is 2.31. The van der Waals surface area contributed by atoms with Crippen molar-refractivity contribution in [2.45, 2.75) is 24.3 Å². The first-order chi connectivity index (χ1) is 15.2. The van der Waals surface area contributed by atoms with Gasteiger partial charge in [0.05, 0.1) is 20.6 Å². The van der Waals surface area contributed by atoms with E-state index in [-0.39, 0.29) is 26.5 Å². The first kappa shape index (κ1) is 24.2. The topological polar surface area (TPSA) is 84.5 Å². The zero-order chi connectivity index (χ0) is 23.3. The predicted octanol–water partition coefficient (Wildman–Crippen LogP) is 6.24. The van der Waals surface area contributed by atoms with Crippen molar-refractivity contribution >= 4 is 62.1 Å². The molecule has 0 heterocycles. The molecule has 10 heteroatoms. The van der Waals surface area contributed by atoms with Gasteiger partial charge >= 0.3 is 0 Å². The van der Waals surface area contributed by atoms with Crippen LogP contribution in [0.4, 0.5) is 11.4 Å². The zero-order valence-electron chi connectivity index (χ0n) is 16.8. The molecule has 1 atom stereocenters. The van der Waals surface area contributed by atoms with Crippen LogP contribution in [-0.4, -0.2) is 20.4 Å². The molecule has 0 radical (unpaired) electrons. The van der Waals surface area contributed by atoms with Gasteiger partial charge < -0.3 is 10.1 Å². The van der Waals surface area contributed by atoms with Gasteiger partial charge in [0.2, 0.25) is 0 Å². The average Bonchev–Trinajstić information content (AvgIpc) is 2.75. The number of amides is 1. The normalized spacial score (nSPS) is 12.1. The number of anilines is 2. The Morgan fingerprint density at radius 3 is 2.34 bits per heavy atom. The molecule has 0 aliphatic heterocycles. The molecule has 168 valence electrons. The summed E-state index contributed by atoms with van der Waals surface area (Å²) >= 11 is 17.9. The van der Waals surface area contributed by atoms with Crippen LogP contribution in [0, 0.1) is 0 Å². The molecule has 3 aromatic rings. The maximum atomic E-state index is 12.7. The third-order valence-corrected chi connectivity index (χ3v) is 6.80. The van der Waals surface area contributed by atoms with Gasteiger partial charge in [-0.05, 0) is 61.0 Å². The van der Waals surface area contributed by atoms with Crippen LogP contribution in [0.15, 0.2) is 71.6 Å². The molecule has 0 saturated carbocycles. The molecule has 0 aliphatic rings. The summed E-state index contributed by atoms with van der Waals surface area (Å²) in [6.45, 7) is 1.82. The maximum Gasteiger partial charge on any atom is 0.265 e. The Morgan fingerprint density at radius 2 is 1.69 bits per heavy atom. The highest BCUT2D eigenvalue weighted by molar-refractivity contribution is 7.92. The van der Waals surface area contributed by atoms with Gasteiger partial charge in [0.15, 0.2) is 6.10 Å². The average molecular weight is 514 g/mol. The van der Waals surface area contributed by atoms with E-state index in [0.717, 1.165) is 0 Å². The second-order valence-corrected chi connectivity index (χ2v) is 9.60. The Kier molecular flexibility index (Phi) is 7.90. The van der Waals surface area contributed by atoms with Crippen molar-refractivity contribution in [3.8, 4) is 5.75 Å². The van der Waals surface area contributed by atoms with Crippen LogP contribution in [0.5, 0.6) is 5.75 Å². The number of sulfonamides is 1. The van der Waals surface area contributed by atoms with Gasteiger partial charge in [-0.15, -0.1) is 0 Å². The van der Waals surface area contributed by atoms with E-state index in [9.17, 15) is 13.2 Å². The molecular weight excluding hydrogens is 495 g/mol. The number of rotatable bonds is 8. The van der Waals surface area contributed by atoms with Crippen molar-refractivity contribution in [3.05, 3.63) is 81.8 Å². The summed E-state index contributed by atoms with van der Waals surface area (Å²) < 4.78 is 33.4. The highest BCUT2D eigenvalue weighted by atomic mass is 35.5. The van der Waals surface area contributed by atoms with Gasteiger partial charge in [0.1, 0.15) is 5.75 Å².